The highest BCUT2D eigenvalue weighted by Crippen LogP contribution is 2.32. The van der Waals surface area contributed by atoms with Crippen molar-refractivity contribution in [1.29, 1.82) is 0 Å². The highest BCUT2D eigenvalue weighted by atomic mass is 35.6. The van der Waals surface area contributed by atoms with Crippen LogP contribution in [-0.2, 0) is 4.79 Å². The van der Waals surface area contributed by atoms with E-state index in [0.29, 0.717) is 12.2 Å². The zero-order chi connectivity index (χ0) is 20.7. The van der Waals surface area contributed by atoms with E-state index in [4.69, 9.17) is 39.5 Å². The van der Waals surface area contributed by atoms with E-state index in [-0.39, 0.29) is 5.91 Å². The van der Waals surface area contributed by atoms with Crippen molar-refractivity contribution in [2.24, 2.45) is 0 Å². The van der Waals surface area contributed by atoms with E-state index in [2.05, 4.69) is 12.2 Å². The Morgan fingerprint density at radius 3 is 1.89 bits per heavy atom. The number of para-hydroxylation sites is 1. The van der Waals surface area contributed by atoms with Crippen molar-refractivity contribution in [3.05, 3.63) is 30.3 Å². The Hall–Kier alpha value is -0.640. The van der Waals surface area contributed by atoms with Crippen molar-refractivity contribution >= 4 is 40.7 Å². The third-order valence-electron chi connectivity index (χ3n) is 4.59. The molecule has 1 rings (SSSR count). The minimum Gasteiger partial charge on any atom is -0.466 e. The lowest BCUT2D eigenvalue weighted by Crippen LogP contribution is -2.47. The third kappa shape index (κ3) is 12.7. The monoisotopic (exact) mass is 449 g/mol. The fourth-order valence-corrected chi connectivity index (χ4v) is 3.28. The molecule has 0 unspecified atom stereocenters. The van der Waals surface area contributed by atoms with Crippen LogP contribution in [0.4, 0.5) is 0 Å². The van der Waals surface area contributed by atoms with Gasteiger partial charge in [0.1, 0.15) is 5.75 Å². The van der Waals surface area contributed by atoms with Crippen LogP contribution in [-0.4, -0.2) is 15.9 Å². The van der Waals surface area contributed by atoms with Gasteiger partial charge in [-0.15, -0.1) is 0 Å². The van der Waals surface area contributed by atoms with E-state index in [1.54, 1.807) is 12.1 Å². The summed E-state index contributed by atoms with van der Waals surface area (Å²) in [6.45, 7) is 2.24. The average Bonchev–Trinajstić information content (AvgIpc) is 2.65. The lowest BCUT2D eigenvalue weighted by atomic mass is 10.1. The van der Waals surface area contributed by atoms with Crippen molar-refractivity contribution in [2.45, 2.75) is 94.0 Å². The molecule has 0 radical (unpaired) electrons. The summed E-state index contributed by atoms with van der Waals surface area (Å²) in [5.41, 5.74) is 0. The van der Waals surface area contributed by atoms with Crippen molar-refractivity contribution in [2.75, 3.05) is 0 Å². The summed E-state index contributed by atoms with van der Waals surface area (Å²) < 4.78 is 3.88. The maximum absolute atomic E-state index is 12.2. The molecule has 0 bridgehead atoms. The van der Waals surface area contributed by atoms with E-state index in [1.807, 2.05) is 18.2 Å². The van der Waals surface area contributed by atoms with Crippen molar-refractivity contribution in [1.82, 2.24) is 5.32 Å². The SMILES string of the molecule is CCCCCCCCCCCCCC(=O)N[C@@H](Oc1ccccc1)C(Cl)(Cl)Cl. The van der Waals surface area contributed by atoms with Crippen molar-refractivity contribution < 1.29 is 9.53 Å². The predicted octanol–water partition coefficient (Wildman–Crippen LogP) is 7.58. The second-order valence-corrected chi connectivity index (χ2v) is 9.57. The number of halogens is 3. The van der Waals surface area contributed by atoms with Crippen molar-refractivity contribution in [3.63, 3.8) is 0 Å². The largest absolute Gasteiger partial charge is 0.466 e. The van der Waals surface area contributed by atoms with Crippen LogP contribution in [0, 0.1) is 0 Å². The maximum Gasteiger partial charge on any atom is 0.246 e. The summed E-state index contributed by atoms with van der Waals surface area (Å²) in [5, 5.41) is 2.68. The Morgan fingerprint density at radius 2 is 1.39 bits per heavy atom. The van der Waals surface area contributed by atoms with Crippen LogP contribution < -0.4 is 10.1 Å². The number of nitrogens with one attached hydrogen (secondary N) is 1. The molecule has 0 aliphatic carbocycles. The van der Waals surface area contributed by atoms with E-state index >= 15 is 0 Å². The van der Waals surface area contributed by atoms with Gasteiger partial charge in [0.05, 0.1) is 0 Å². The van der Waals surface area contributed by atoms with Crippen LogP contribution in [0.1, 0.15) is 84.0 Å². The van der Waals surface area contributed by atoms with Crippen LogP contribution in [0.15, 0.2) is 30.3 Å². The third-order valence-corrected chi connectivity index (χ3v) is 5.19. The van der Waals surface area contributed by atoms with Crippen molar-refractivity contribution in [3.8, 4) is 5.75 Å². The zero-order valence-corrected chi connectivity index (χ0v) is 19.2. The number of carbonyl (C=O) groups is 1. The van der Waals surface area contributed by atoms with Gasteiger partial charge in [-0.1, -0.05) is 124 Å². The maximum atomic E-state index is 12.2. The highest BCUT2D eigenvalue weighted by molar-refractivity contribution is 6.68. The molecule has 0 aliphatic rings. The van der Waals surface area contributed by atoms with Crippen LogP contribution in [0.25, 0.3) is 0 Å². The molecule has 0 spiro atoms. The molecule has 1 atom stereocenters. The van der Waals surface area contributed by atoms with E-state index in [1.165, 1.54) is 51.4 Å². The van der Waals surface area contributed by atoms with Gasteiger partial charge in [0.15, 0.2) is 0 Å². The quantitative estimate of drug-likeness (QED) is 0.170. The Labute approximate surface area is 185 Å². The van der Waals surface area contributed by atoms with E-state index < -0.39 is 10.0 Å². The van der Waals surface area contributed by atoms with Gasteiger partial charge >= 0.3 is 0 Å². The summed E-state index contributed by atoms with van der Waals surface area (Å²) in [7, 11) is 0. The summed E-state index contributed by atoms with van der Waals surface area (Å²) >= 11 is 17.9. The first-order valence-electron chi connectivity index (χ1n) is 10.5. The van der Waals surface area contributed by atoms with Gasteiger partial charge in [-0.25, -0.2) is 0 Å². The van der Waals surface area contributed by atoms with Gasteiger partial charge in [0.25, 0.3) is 0 Å². The van der Waals surface area contributed by atoms with Crippen LogP contribution in [0.2, 0.25) is 0 Å². The first kappa shape index (κ1) is 25.4. The minimum absolute atomic E-state index is 0.164. The first-order valence-corrected chi connectivity index (χ1v) is 11.6. The van der Waals surface area contributed by atoms with Gasteiger partial charge in [-0.3, -0.25) is 4.79 Å². The van der Waals surface area contributed by atoms with Crippen LogP contribution in [0.5, 0.6) is 5.75 Å². The molecular weight excluding hydrogens is 417 g/mol. The second-order valence-electron chi connectivity index (χ2n) is 7.21. The van der Waals surface area contributed by atoms with Crippen LogP contribution in [0.3, 0.4) is 0 Å². The van der Waals surface area contributed by atoms with E-state index in [0.717, 1.165) is 19.3 Å². The molecule has 1 amide bonds. The molecule has 1 aromatic carbocycles. The summed E-state index contributed by atoms with van der Waals surface area (Å²) in [4.78, 5) is 12.2. The van der Waals surface area contributed by atoms with Gasteiger partial charge in [-0.05, 0) is 18.6 Å². The minimum atomic E-state index is -1.75. The first-order chi connectivity index (χ1) is 13.4. The predicted molar refractivity (Wildman–Crippen MR) is 120 cm³/mol. The number of hydrogen-bond acceptors (Lipinski definition) is 2. The summed E-state index contributed by atoms with van der Waals surface area (Å²) in [6.07, 6.45) is 13.0. The number of amides is 1. The van der Waals surface area contributed by atoms with Gasteiger partial charge in [0.2, 0.25) is 15.9 Å². The number of unbranched alkanes of at least 4 members (excludes halogenated alkanes) is 10. The smallest absolute Gasteiger partial charge is 0.246 e. The number of ether oxygens (including phenoxy) is 1. The highest BCUT2D eigenvalue weighted by Gasteiger charge is 2.36. The molecule has 160 valence electrons. The van der Waals surface area contributed by atoms with Gasteiger partial charge in [-0.2, -0.15) is 0 Å². The average molecular weight is 451 g/mol. The molecule has 0 saturated carbocycles. The number of alkyl halides is 3. The molecule has 0 aromatic heterocycles. The topological polar surface area (TPSA) is 38.3 Å². The molecule has 0 aliphatic heterocycles. The lowest BCUT2D eigenvalue weighted by molar-refractivity contribution is -0.123. The molecule has 0 saturated heterocycles. The molecule has 0 fully saturated rings. The number of hydrogen-bond donors (Lipinski definition) is 1. The molecule has 6 heteroatoms. The Morgan fingerprint density at radius 1 is 0.893 bits per heavy atom. The Bertz CT molecular complexity index is 520. The summed E-state index contributed by atoms with van der Waals surface area (Å²) in [5.74, 6) is 0.372. The number of benzene rings is 1. The van der Waals surface area contributed by atoms with Crippen LogP contribution >= 0.6 is 34.8 Å². The van der Waals surface area contributed by atoms with Gasteiger partial charge in [0, 0.05) is 6.42 Å². The molecule has 28 heavy (non-hydrogen) atoms. The van der Waals surface area contributed by atoms with Gasteiger partial charge < -0.3 is 10.1 Å². The molecular formula is C22H34Cl3NO2. The second kappa shape index (κ2) is 15.2. The lowest BCUT2D eigenvalue weighted by Gasteiger charge is -2.26. The number of rotatable bonds is 15. The number of carbonyl (C=O) groups excluding carboxylic acids is 1. The molecule has 1 aromatic rings. The Kier molecular flexibility index (Phi) is 13.8. The zero-order valence-electron chi connectivity index (χ0n) is 16.9. The summed E-state index contributed by atoms with van der Waals surface area (Å²) in [6, 6.07) is 9.00. The Balaban J connectivity index is 2.15. The molecule has 3 nitrogen and oxygen atoms in total. The standard InChI is InChI=1S/C22H34Cl3NO2/c1-2-3-4-5-6-7-8-9-10-11-15-18-20(27)26-21(22(23,24)25)28-19-16-13-12-14-17-19/h12-14,16-17,21H,2-11,15,18H2,1H3,(H,26,27)/t21-/m0/s1. The normalized spacial score (nSPS) is 12.6. The fourth-order valence-electron chi connectivity index (χ4n) is 2.98. The van der Waals surface area contributed by atoms with E-state index in [9.17, 15) is 4.79 Å². The molecule has 0 heterocycles. The molecule has 1 N–H and O–H groups in total. The fraction of sp³-hybridized carbons (Fsp3) is 0.682.